The molecule has 0 amide bonds. The lowest BCUT2D eigenvalue weighted by Crippen LogP contribution is -2.30. The Morgan fingerprint density at radius 1 is 0.253 bits per heavy atom. The topological polar surface area (TPSA) is 78.9 Å². The van der Waals surface area contributed by atoms with Gasteiger partial charge in [-0.05, 0) is 44.9 Å². The van der Waals surface area contributed by atoms with Gasteiger partial charge in [-0.25, -0.2) is 0 Å². The minimum Gasteiger partial charge on any atom is -0.462 e. The molecule has 0 spiro atoms. The van der Waals surface area contributed by atoms with Gasteiger partial charge in [0, 0.05) is 19.3 Å². The summed E-state index contributed by atoms with van der Waals surface area (Å²) in [7, 11) is 0. The molecule has 0 aromatic rings. The van der Waals surface area contributed by atoms with Crippen molar-refractivity contribution >= 4 is 17.9 Å². The Balaban J connectivity index is 3.94. The van der Waals surface area contributed by atoms with Crippen molar-refractivity contribution in [3.8, 4) is 0 Å². The minimum absolute atomic E-state index is 0.0676. The molecule has 1 unspecified atom stereocenters. The normalized spacial score (nSPS) is 12.0. The Morgan fingerprint density at radius 2 is 0.440 bits per heavy atom. The third-order valence-electron chi connectivity index (χ3n) is 15.8. The third-order valence-corrected chi connectivity index (χ3v) is 15.8. The van der Waals surface area contributed by atoms with Crippen LogP contribution in [0.3, 0.4) is 0 Å². The van der Waals surface area contributed by atoms with Crippen LogP contribution < -0.4 is 0 Å². The van der Waals surface area contributed by atoms with Gasteiger partial charge < -0.3 is 14.2 Å². The zero-order chi connectivity index (χ0) is 54.3. The first-order chi connectivity index (χ1) is 37.0. The van der Waals surface area contributed by atoms with E-state index in [1.807, 2.05) is 0 Å². The Bertz CT molecular complexity index is 1170. The summed E-state index contributed by atoms with van der Waals surface area (Å²) in [4.78, 5) is 38.1. The van der Waals surface area contributed by atoms with Gasteiger partial charge in [-0.3, -0.25) is 14.4 Å². The average Bonchev–Trinajstić information content (AvgIpc) is 3.41. The van der Waals surface area contributed by atoms with Crippen LogP contribution in [0.15, 0.2) is 12.2 Å². The second-order valence-electron chi connectivity index (χ2n) is 23.5. The van der Waals surface area contributed by atoms with Crippen molar-refractivity contribution in [1.29, 1.82) is 0 Å². The van der Waals surface area contributed by atoms with Crippen LogP contribution in [-0.4, -0.2) is 37.2 Å². The van der Waals surface area contributed by atoms with Crippen molar-refractivity contribution < 1.29 is 28.6 Å². The summed E-state index contributed by atoms with van der Waals surface area (Å²) < 4.78 is 16.9. The number of allylic oxidation sites excluding steroid dienone is 2. The predicted molar refractivity (Wildman–Crippen MR) is 326 cm³/mol. The number of carbonyl (C=O) groups is 3. The van der Waals surface area contributed by atoms with Crippen molar-refractivity contribution in [2.45, 2.75) is 399 Å². The number of hydrogen-bond acceptors (Lipinski definition) is 6. The lowest BCUT2D eigenvalue weighted by molar-refractivity contribution is -0.167. The van der Waals surface area contributed by atoms with Gasteiger partial charge in [-0.2, -0.15) is 0 Å². The van der Waals surface area contributed by atoms with Crippen LogP contribution in [0.25, 0.3) is 0 Å². The molecule has 0 fully saturated rings. The van der Waals surface area contributed by atoms with Gasteiger partial charge in [0.25, 0.3) is 0 Å². The van der Waals surface area contributed by atoms with E-state index in [4.69, 9.17) is 14.2 Å². The Hall–Kier alpha value is -1.85. The van der Waals surface area contributed by atoms with Gasteiger partial charge in [0.1, 0.15) is 13.2 Å². The predicted octanol–water partition coefficient (Wildman–Crippen LogP) is 23.2. The van der Waals surface area contributed by atoms with Crippen LogP contribution in [0, 0.1) is 0 Å². The Labute approximate surface area is 469 Å². The van der Waals surface area contributed by atoms with Gasteiger partial charge in [-0.1, -0.05) is 341 Å². The molecule has 75 heavy (non-hydrogen) atoms. The summed E-state index contributed by atoms with van der Waals surface area (Å²) in [5.74, 6) is -0.854. The summed E-state index contributed by atoms with van der Waals surface area (Å²) in [5, 5.41) is 0. The molecule has 6 nitrogen and oxygen atoms in total. The average molecular weight is 1060 g/mol. The molecule has 0 aliphatic rings. The van der Waals surface area contributed by atoms with Crippen LogP contribution in [0.5, 0.6) is 0 Å². The highest BCUT2D eigenvalue weighted by Crippen LogP contribution is 2.19. The first-order valence-corrected chi connectivity index (χ1v) is 34.2. The van der Waals surface area contributed by atoms with Crippen molar-refractivity contribution in [3.63, 3.8) is 0 Å². The van der Waals surface area contributed by atoms with E-state index in [0.717, 1.165) is 64.2 Å². The molecule has 0 bridgehead atoms. The van der Waals surface area contributed by atoms with Crippen molar-refractivity contribution in [1.82, 2.24) is 0 Å². The molecule has 0 aromatic heterocycles. The first-order valence-electron chi connectivity index (χ1n) is 34.2. The molecule has 0 saturated carbocycles. The number of esters is 3. The zero-order valence-corrected chi connectivity index (χ0v) is 51.1. The van der Waals surface area contributed by atoms with Crippen LogP contribution in [0.4, 0.5) is 0 Å². The van der Waals surface area contributed by atoms with Gasteiger partial charge >= 0.3 is 17.9 Å². The molecule has 0 radical (unpaired) electrons. The van der Waals surface area contributed by atoms with Crippen LogP contribution >= 0.6 is 0 Å². The van der Waals surface area contributed by atoms with E-state index in [-0.39, 0.29) is 31.1 Å². The van der Waals surface area contributed by atoms with Gasteiger partial charge in [0.2, 0.25) is 0 Å². The summed E-state index contributed by atoms with van der Waals surface area (Å²) in [5.41, 5.74) is 0. The molecule has 0 rings (SSSR count). The monoisotopic (exact) mass is 1060 g/mol. The molecule has 1 atom stereocenters. The molecule has 444 valence electrons. The zero-order valence-electron chi connectivity index (χ0n) is 51.1. The molecule has 0 aliphatic heterocycles. The van der Waals surface area contributed by atoms with Gasteiger partial charge in [0.15, 0.2) is 6.10 Å². The summed E-state index contributed by atoms with van der Waals surface area (Å²) in [6.07, 6.45) is 77.0. The molecular formula is C69H132O6. The van der Waals surface area contributed by atoms with E-state index in [9.17, 15) is 14.4 Å². The third kappa shape index (κ3) is 62.9. The smallest absolute Gasteiger partial charge is 0.306 e. The molecular weight excluding hydrogens is 925 g/mol. The molecule has 0 saturated heterocycles. The maximum atomic E-state index is 12.8. The number of carbonyl (C=O) groups excluding carboxylic acids is 3. The van der Waals surface area contributed by atoms with E-state index >= 15 is 0 Å². The molecule has 0 aromatic carbocycles. The number of unbranched alkanes of at least 4 members (excludes halogenated alkanes) is 51. The highest BCUT2D eigenvalue weighted by atomic mass is 16.6. The van der Waals surface area contributed by atoms with E-state index < -0.39 is 6.10 Å². The van der Waals surface area contributed by atoms with Crippen molar-refractivity contribution in [3.05, 3.63) is 12.2 Å². The van der Waals surface area contributed by atoms with Crippen LogP contribution in [0.1, 0.15) is 393 Å². The number of hydrogen-bond donors (Lipinski definition) is 0. The SMILES string of the molecule is CCCCCCC/C=C\CCCCCCCC(=O)OC(COC(=O)CCCCCCCCCCC)COC(=O)CCCCCCCCCCCCCCCCCCCCCCCCCCCCCCCCCCCC. The first kappa shape index (κ1) is 73.2. The highest BCUT2D eigenvalue weighted by Gasteiger charge is 2.19. The summed E-state index contributed by atoms with van der Waals surface area (Å²) in [6.45, 7) is 6.67. The number of ether oxygens (including phenoxy) is 3. The summed E-state index contributed by atoms with van der Waals surface area (Å²) >= 11 is 0. The fourth-order valence-electron chi connectivity index (χ4n) is 10.6. The van der Waals surface area contributed by atoms with Gasteiger partial charge in [0.05, 0.1) is 0 Å². The Morgan fingerprint density at radius 3 is 0.667 bits per heavy atom. The minimum atomic E-state index is -0.769. The van der Waals surface area contributed by atoms with Crippen molar-refractivity contribution in [2.75, 3.05) is 13.2 Å². The molecule has 0 N–H and O–H groups in total. The highest BCUT2D eigenvalue weighted by molar-refractivity contribution is 5.71. The summed E-state index contributed by atoms with van der Waals surface area (Å²) in [6, 6.07) is 0. The largest absolute Gasteiger partial charge is 0.462 e. The maximum absolute atomic E-state index is 12.8. The van der Waals surface area contributed by atoms with E-state index in [0.29, 0.717) is 19.3 Å². The van der Waals surface area contributed by atoms with E-state index in [1.165, 1.54) is 289 Å². The lowest BCUT2D eigenvalue weighted by atomic mass is 10.0. The number of rotatable bonds is 64. The Kier molecular flexibility index (Phi) is 63.1. The molecule has 0 heterocycles. The fraction of sp³-hybridized carbons (Fsp3) is 0.928. The van der Waals surface area contributed by atoms with Gasteiger partial charge in [-0.15, -0.1) is 0 Å². The van der Waals surface area contributed by atoms with Crippen LogP contribution in [0.2, 0.25) is 0 Å². The fourth-order valence-corrected chi connectivity index (χ4v) is 10.6. The van der Waals surface area contributed by atoms with Crippen molar-refractivity contribution in [2.24, 2.45) is 0 Å². The lowest BCUT2D eigenvalue weighted by Gasteiger charge is -2.18. The second-order valence-corrected chi connectivity index (χ2v) is 23.5. The second kappa shape index (κ2) is 64.7. The van der Waals surface area contributed by atoms with E-state index in [1.54, 1.807) is 0 Å². The molecule has 6 heteroatoms. The molecule has 0 aliphatic carbocycles. The standard InChI is InChI=1S/C69H132O6/c1-4-7-10-13-16-19-21-23-25-26-27-28-29-30-31-32-33-34-35-36-37-38-39-40-41-42-43-44-46-47-50-53-56-59-62-68(71)74-65-66(64-73-67(70)61-58-55-52-49-18-15-12-9-6-3)75-69(72)63-60-57-54-51-48-45-24-22-20-17-14-11-8-5-2/h22,24,66H,4-21,23,25-65H2,1-3H3/b24-22-. The maximum Gasteiger partial charge on any atom is 0.306 e. The van der Waals surface area contributed by atoms with E-state index in [2.05, 4.69) is 32.9 Å². The van der Waals surface area contributed by atoms with Crippen LogP contribution in [-0.2, 0) is 28.6 Å². The quantitative estimate of drug-likeness (QED) is 0.0261.